The van der Waals surface area contributed by atoms with Gasteiger partial charge in [-0.2, -0.15) is 0 Å². The third kappa shape index (κ3) is 2.10. The van der Waals surface area contributed by atoms with E-state index in [2.05, 4.69) is 64.2 Å². The fourth-order valence-electron chi connectivity index (χ4n) is 4.11. The normalized spacial score (nSPS) is 13.8. The van der Waals surface area contributed by atoms with Gasteiger partial charge in [0.1, 0.15) is 11.6 Å². The topological polar surface area (TPSA) is 28.6 Å². The van der Waals surface area contributed by atoms with Crippen molar-refractivity contribution in [2.75, 3.05) is 9.62 Å². The largest absolute Gasteiger partial charge is 0.629 e. The first-order valence-electron chi connectivity index (χ1n) is 9.35. The van der Waals surface area contributed by atoms with E-state index in [1.54, 1.807) is 0 Å². The second kappa shape index (κ2) is 5.89. The molecule has 0 bridgehead atoms. The Morgan fingerprint density at radius 2 is 1.36 bits per heavy atom. The third-order valence-corrected chi connectivity index (χ3v) is 5.30. The molecule has 0 radical (unpaired) electrons. The zero-order valence-electron chi connectivity index (χ0n) is 15.1. The highest BCUT2D eigenvalue weighted by Crippen LogP contribution is 2.50. The van der Waals surface area contributed by atoms with E-state index in [0.29, 0.717) is 0 Å². The zero-order chi connectivity index (χ0) is 18.5. The SMILES string of the molecule is c1ccc(N2B3Oc4ccccc4-c4ccccc4N3c3cccnc32)cc1. The number of para-hydroxylation sites is 3. The van der Waals surface area contributed by atoms with Crippen LogP contribution in [-0.2, 0) is 0 Å². The van der Waals surface area contributed by atoms with Gasteiger partial charge >= 0.3 is 7.19 Å². The number of anilines is 4. The van der Waals surface area contributed by atoms with Crippen LogP contribution in [0.2, 0.25) is 0 Å². The molecule has 2 aliphatic heterocycles. The van der Waals surface area contributed by atoms with Crippen LogP contribution in [0.1, 0.15) is 0 Å². The van der Waals surface area contributed by atoms with Gasteiger partial charge < -0.3 is 14.3 Å². The molecule has 0 saturated heterocycles. The second-order valence-electron chi connectivity index (χ2n) is 6.88. The first-order chi connectivity index (χ1) is 13.9. The zero-order valence-corrected chi connectivity index (χ0v) is 15.1. The van der Waals surface area contributed by atoms with Crippen molar-refractivity contribution in [3.8, 4) is 16.9 Å². The summed E-state index contributed by atoms with van der Waals surface area (Å²) < 4.78 is 6.62. The maximum Gasteiger partial charge on any atom is 0.629 e. The maximum absolute atomic E-state index is 6.62. The predicted molar refractivity (Wildman–Crippen MR) is 113 cm³/mol. The van der Waals surface area contributed by atoms with Crippen molar-refractivity contribution in [2.24, 2.45) is 0 Å². The van der Waals surface area contributed by atoms with E-state index in [4.69, 9.17) is 9.64 Å². The molecule has 0 spiro atoms. The molecule has 0 unspecified atom stereocenters. The molecular formula is C23H16BN3O. The molecule has 0 fully saturated rings. The summed E-state index contributed by atoms with van der Waals surface area (Å²) in [6.45, 7) is 0. The maximum atomic E-state index is 6.62. The van der Waals surface area contributed by atoms with Gasteiger partial charge in [-0.25, -0.2) is 4.98 Å². The van der Waals surface area contributed by atoms with Crippen molar-refractivity contribution in [1.82, 2.24) is 4.98 Å². The highest BCUT2D eigenvalue weighted by Gasteiger charge is 2.49. The molecule has 3 heterocycles. The van der Waals surface area contributed by atoms with Crippen LogP contribution in [0.5, 0.6) is 5.75 Å². The molecule has 0 atom stereocenters. The van der Waals surface area contributed by atoms with E-state index >= 15 is 0 Å². The number of rotatable bonds is 1. The quantitative estimate of drug-likeness (QED) is 0.424. The van der Waals surface area contributed by atoms with Gasteiger partial charge in [0.15, 0.2) is 0 Å². The molecule has 5 heteroatoms. The van der Waals surface area contributed by atoms with Gasteiger partial charge in [0, 0.05) is 28.7 Å². The van der Waals surface area contributed by atoms with Crippen LogP contribution >= 0.6 is 0 Å². The van der Waals surface area contributed by atoms with Crippen molar-refractivity contribution < 1.29 is 4.65 Å². The van der Waals surface area contributed by atoms with Gasteiger partial charge in [-0.15, -0.1) is 0 Å². The molecule has 1 aromatic heterocycles. The highest BCUT2D eigenvalue weighted by molar-refractivity contribution is 6.68. The number of pyridine rings is 1. The fourth-order valence-corrected chi connectivity index (χ4v) is 4.11. The summed E-state index contributed by atoms with van der Waals surface area (Å²) in [4.78, 5) is 9.11. The summed E-state index contributed by atoms with van der Waals surface area (Å²) >= 11 is 0. The Kier molecular flexibility index (Phi) is 3.23. The smallest absolute Gasteiger partial charge is 0.522 e. The lowest BCUT2D eigenvalue weighted by atomic mass is 9.93. The molecule has 3 aromatic carbocycles. The number of fused-ring (bicyclic) bond motifs is 7. The minimum absolute atomic E-state index is 0.350. The Balaban J connectivity index is 1.65. The van der Waals surface area contributed by atoms with Gasteiger partial charge in [-0.05, 0) is 36.4 Å². The van der Waals surface area contributed by atoms with Gasteiger partial charge in [0.25, 0.3) is 0 Å². The molecule has 0 N–H and O–H groups in total. The number of hydrogen-bond donors (Lipinski definition) is 0. The van der Waals surface area contributed by atoms with Crippen LogP contribution in [-0.4, -0.2) is 12.2 Å². The Labute approximate surface area is 163 Å². The Morgan fingerprint density at radius 3 is 2.25 bits per heavy atom. The van der Waals surface area contributed by atoms with Crippen LogP contribution in [0.3, 0.4) is 0 Å². The third-order valence-electron chi connectivity index (χ3n) is 5.30. The molecule has 28 heavy (non-hydrogen) atoms. The summed E-state index contributed by atoms with van der Waals surface area (Å²) in [6, 6.07) is 31.1. The summed E-state index contributed by atoms with van der Waals surface area (Å²) in [5, 5.41) is 0. The fraction of sp³-hybridized carbons (Fsp3) is 0. The number of nitrogens with zero attached hydrogens (tertiary/aromatic N) is 3. The van der Waals surface area contributed by atoms with Gasteiger partial charge in [-0.1, -0.05) is 54.6 Å². The summed E-state index contributed by atoms with van der Waals surface area (Å²) in [5.41, 5.74) is 5.46. The van der Waals surface area contributed by atoms with E-state index in [0.717, 1.165) is 39.8 Å². The van der Waals surface area contributed by atoms with Crippen molar-refractivity contribution in [2.45, 2.75) is 0 Å². The first-order valence-corrected chi connectivity index (χ1v) is 9.35. The minimum Gasteiger partial charge on any atom is -0.522 e. The van der Waals surface area contributed by atoms with Crippen LogP contribution in [0.4, 0.5) is 22.9 Å². The summed E-state index contributed by atoms with van der Waals surface area (Å²) in [5.74, 6) is 1.77. The van der Waals surface area contributed by atoms with E-state index in [1.807, 2.05) is 42.6 Å². The number of hydrogen-bond acceptors (Lipinski definition) is 4. The summed E-state index contributed by atoms with van der Waals surface area (Å²) in [6.07, 6.45) is 1.83. The Morgan fingerprint density at radius 1 is 0.643 bits per heavy atom. The number of benzene rings is 3. The first kappa shape index (κ1) is 15.3. The molecule has 0 amide bonds. The summed E-state index contributed by atoms with van der Waals surface area (Å²) in [7, 11) is -0.350. The molecule has 132 valence electrons. The predicted octanol–water partition coefficient (Wildman–Crippen LogP) is 5.42. The van der Waals surface area contributed by atoms with Crippen LogP contribution in [0, 0.1) is 0 Å². The molecule has 0 aliphatic carbocycles. The molecule has 0 saturated carbocycles. The van der Waals surface area contributed by atoms with Gasteiger partial charge in [-0.3, -0.25) is 0 Å². The van der Waals surface area contributed by atoms with E-state index in [-0.39, 0.29) is 7.19 Å². The molecular weight excluding hydrogens is 345 g/mol. The van der Waals surface area contributed by atoms with Crippen LogP contribution < -0.4 is 14.3 Å². The minimum atomic E-state index is -0.350. The van der Waals surface area contributed by atoms with Crippen LogP contribution in [0.25, 0.3) is 11.1 Å². The molecule has 4 nitrogen and oxygen atoms in total. The average molecular weight is 361 g/mol. The number of aromatic nitrogens is 1. The van der Waals surface area contributed by atoms with Crippen LogP contribution in [0.15, 0.2) is 97.2 Å². The molecule has 2 aliphatic rings. The standard InChI is InChI=1S/C23H16BN3O/c1-2-9-17(10-3-1)26-23-21(14-8-16-25-23)27-20-13-6-4-11-18(20)19-12-5-7-15-22(19)28-24(26)27/h1-16H. The van der Waals surface area contributed by atoms with Crippen molar-refractivity contribution >= 4 is 30.1 Å². The molecule has 4 aromatic rings. The van der Waals surface area contributed by atoms with E-state index < -0.39 is 0 Å². The van der Waals surface area contributed by atoms with Crippen molar-refractivity contribution in [1.29, 1.82) is 0 Å². The Bertz CT molecular complexity index is 1180. The second-order valence-corrected chi connectivity index (χ2v) is 6.88. The van der Waals surface area contributed by atoms with Crippen molar-refractivity contribution in [3.63, 3.8) is 0 Å². The monoisotopic (exact) mass is 361 g/mol. The lowest BCUT2D eigenvalue weighted by molar-refractivity contribution is 0.572. The lowest BCUT2D eigenvalue weighted by Crippen LogP contribution is -2.48. The van der Waals surface area contributed by atoms with Crippen molar-refractivity contribution in [3.05, 3.63) is 97.2 Å². The Hall–Kier alpha value is -3.73. The van der Waals surface area contributed by atoms with E-state index in [9.17, 15) is 0 Å². The van der Waals surface area contributed by atoms with Gasteiger partial charge in [0.2, 0.25) is 0 Å². The highest BCUT2D eigenvalue weighted by atomic mass is 16.5. The van der Waals surface area contributed by atoms with Gasteiger partial charge in [0.05, 0.1) is 5.69 Å². The molecule has 6 rings (SSSR count). The van der Waals surface area contributed by atoms with E-state index in [1.165, 1.54) is 0 Å². The lowest BCUT2D eigenvalue weighted by Gasteiger charge is -2.26. The average Bonchev–Trinajstić information content (AvgIpc) is 3.00.